The monoisotopic (exact) mass is 343 g/mol. The number of likely N-dealkylation sites (N-methyl/N-ethyl adjacent to an activating group) is 1. The van der Waals surface area contributed by atoms with Crippen LogP contribution >= 0.6 is 23.2 Å². The van der Waals surface area contributed by atoms with Gasteiger partial charge in [-0.3, -0.25) is 0 Å². The van der Waals surface area contributed by atoms with E-state index in [1.165, 1.54) is 0 Å². The van der Waals surface area contributed by atoms with Crippen molar-refractivity contribution in [2.75, 3.05) is 34.3 Å². The van der Waals surface area contributed by atoms with Gasteiger partial charge in [-0.25, -0.2) is 0 Å². The molecule has 0 bridgehead atoms. The molecule has 122 valence electrons. The van der Waals surface area contributed by atoms with Crippen molar-refractivity contribution in [1.82, 2.24) is 15.3 Å². The Kier molecular flexibility index (Phi) is 6.12. The Morgan fingerprint density at radius 3 is 2.55 bits per heavy atom. The maximum absolute atomic E-state index is 6.81. The zero-order valence-electron chi connectivity index (χ0n) is 13.2. The zero-order chi connectivity index (χ0) is 16.2. The summed E-state index contributed by atoms with van der Waals surface area (Å²) < 4.78 is 6.14. The molecule has 1 aromatic carbocycles. The van der Waals surface area contributed by atoms with Crippen LogP contribution in [0.25, 0.3) is 0 Å². The van der Waals surface area contributed by atoms with Crippen LogP contribution in [0.2, 0.25) is 5.02 Å². The fourth-order valence-electron chi connectivity index (χ4n) is 2.41. The highest BCUT2D eigenvalue weighted by Gasteiger charge is 2.43. The Morgan fingerprint density at radius 1 is 1.32 bits per heavy atom. The van der Waals surface area contributed by atoms with Crippen molar-refractivity contribution in [1.29, 1.82) is 0 Å². The lowest BCUT2D eigenvalue weighted by Crippen LogP contribution is -2.46. The molecule has 6 heteroatoms. The van der Waals surface area contributed by atoms with E-state index in [0.29, 0.717) is 11.6 Å². The minimum Gasteiger partial charge on any atom is -0.370 e. The lowest BCUT2D eigenvalue weighted by Gasteiger charge is -2.36. The lowest BCUT2D eigenvalue weighted by atomic mass is 10.0. The highest BCUT2D eigenvalue weighted by atomic mass is 35.5. The van der Waals surface area contributed by atoms with Crippen molar-refractivity contribution >= 4 is 23.2 Å². The van der Waals surface area contributed by atoms with Gasteiger partial charge in [0.2, 0.25) is 0 Å². The van der Waals surface area contributed by atoms with E-state index in [2.05, 4.69) is 24.4 Å². The summed E-state index contributed by atoms with van der Waals surface area (Å²) in [6.45, 7) is 1.62. The number of rotatable bonds is 7. The predicted molar refractivity (Wildman–Crippen MR) is 91.9 cm³/mol. The third-order valence-electron chi connectivity index (χ3n) is 3.67. The second-order valence-corrected chi connectivity index (χ2v) is 6.75. The third kappa shape index (κ3) is 4.15. The molecule has 4 nitrogen and oxygen atoms in total. The molecule has 0 amide bonds. The third-order valence-corrected chi connectivity index (χ3v) is 4.50. The summed E-state index contributed by atoms with van der Waals surface area (Å²) in [4.78, 5) is 1.38. The van der Waals surface area contributed by atoms with Crippen molar-refractivity contribution in [3.63, 3.8) is 0 Å². The Hall–Kier alpha value is -0.780. The van der Waals surface area contributed by atoms with Crippen LogP contribution in [0.4, 0.5) is 0 Å². The predicted octanol–water partition coefficient (Wildman–Crippen LogP) is 3.25. The molecule has 2 rings (SSSR count). The average molecular weight is 344 g/mol. The molecule has 0 aliphatic carbocycles. The first-order valence-corrected chi connectivity index (χ1v) is 8.07. The fraction of sp³-hybridized carbons (Fsp3) is 0.500. The molecule has 1 aliphatic heterocycles. The van der Waals surface area contributed by atoms with Gasteiger partial charge in [-0.15, -0.1) is 0 Å². The molecule has 0 saturated carbocycles. The molecule has 0 spiro atoms. The van der Waals surface area contributed by atoms with Crippen LogP contribution in [-0.2, 0) is 4.74 Å². The average Bonchev–Trinajstić information content (AvgIpc) is 2.80. The van der Waals surface area contributed by atoms with E-state index in [9.17, 15) is 0 Å². The number of hydrogen-bond donors (Lipinski definition) is 1. The Balaban J connectivity index is 2.14. The summed E-state index contributed by atoms with van der Waals surface area (Å²) in [6.07, 6.45) is 4.41. The number of benzene rings is 1. The number of nitrogens with one attached hydrogen (secondary N) is 1. The van der Waals surface area contributed by atoms with E-state index in [1.54, 1.807) is 0 Å². The highest BCUT2D eigenvalue weighted by molar-refractivity contribution is 6.30. The molecular formula is C16H23Cl2N3O. The van der Waals surface area contributed by atoms with Gasteiger partial charge in [-0.1, -0.05) is 35.3 Å². The molecule has 2 unspecified atom stereocenters. The summed E-state index contributed by atoms with van der Waals surface area (Å²) in [5.41, 5.74) is 4.09. The molecule has 1 aromatic rings. The van der Waals surface area contributed by atoms with Gasteiger partial charge in [0, 0.05) is 24.9 Å². The number of halogens is 2. The topological polar surface area (TPSA) is 27.7 Å². The number of hydrogen-bond acceptors (Lipinski definition) is 4. The van der Waals surface area contributed by atoms with E-state index < -0.39 is 5.00 Å². The largest absolute Gasteiger partial charge is 0.370 e. The molecule has 0 aromatic heterocycles. The van der Waals surface area contributed by atoms with E-state index in [0.717, 1.165) is 18.5 Å². The highest BCUT2D eigenvalue weighted by Crippen LogP contribution is 2.40. The standard InChI is InChI=1S/C16H23Cl2N3O/c1-20(2)11-4-12-22-15(13-5-7-14(17)8-6-13)16(18)9-10-19-21(16)3/h5-10,15,19H,4,11-12H2,1-3H3. The van der Waals surface area contributed by atoms with Gasteiger partial charge in [0.25, 0.3) is 0 Å². The summed E-state index contributed by atoms with van der Waals surface area (Å²) >= 11 is 12.8. The molecule has 22 heavy (non-hydrogen) atoms. The number of alkyl halides is 1. The summed E-state index contributed by atoms with van der Waals surface area (Å²) in [7, 11) is 6.01. The Bertz CT molecular complexity index is 507. The van der Waals surface area contributed by atoms with Gasteiger partial charge >= 0.3 is 0 Å². The van der Waals surface area contributed by atoms with Crippen molar-refractivity contribution < 1.29 is 4.74 Å². The van der Waals surface area contributed by atoms with Crippen molar-refractivity contribution in [2.45, 2.75) is 17.5 Å². The van der Waals surface area contributed by atoms with Gasteiger partial charge in [0.15, 0.2) is 5.00 Å². The molecule has 1 aliphatic rings. The molecule has 0 saturated heterocycles. The Labute approximate surface area is 142 Å². The maximum atomic E-state index is 6.81. The van der Waals surface area contributed by atoms with Gasteiger partial charge < -0.3 is 15.1 Å². The maximum Gasteiger partial charge on any atom is 0.163 e. The summed E-state index contributed by atoms with van der Waals surface area (Å²) in [5, 5.41) is 2.55. The quantitative estimate of drug-likeness (QED) is 0.467. The van der Waals surface area contributed by atoms with E-state index in [-0.39, 0.29) is 6.10 Å². The minimum atomic E-state index is -0.758. The van der Waals surface area contributed by atoms with Crippen LogP contribution in [0.3, 0.4) is 0 Å². The van der Waals surface area contributed by atoms with E-state index >= 15 is 0 Å². The summed E-state index contributed by atoms with van der Waals surface area (Å²) in [5.74, 6) is 0. The van der Waals surface area contributed by atoms with Crippen LogP contribution in [0, 0.1) is 0 Å². The van der Waals surface area contributed by atoms with Crippen LogP contribution in [0.1, 0.15) is 18.1 Å². The Morgan fingerprint density at radius 2 is 2.00 bits per heavy atom. The first kappa shape index (κ1) is 17.6. The van der Waals surface area contributed by atoms with Crippen molar-refractivity contribution in [3.05, 3.63) is 47.1 Å². The van der Waals surface area contributed by atoms with Gasteiger partial charge in [-0.2, -0.15) is 5.01 Å². The summed E-state index contributed by atoms with van der Waals surface area (Å²) in [6, 6.07) is 7.64. The van der Waals surface area contributed by atoms with E-state index in [1.807, 2.05) is 48.6 Å². The number of hydrazine groups is 1. The molecule has 1 N–H and O–H groups in total. The van der Waals surface area contributed by atoms with Crippen molar-refractivity contribution in [2.24, 2.45) is 0 Å². The zero-order valence-corrected chi connectivity index (χ0v) is 14.7. The number of nitrogens with zero attached hydrogens (tertiary/aromatic N) is 2. The van der Waals surface area contributed by atoms with Crippen LogP contribution in [0.5, 0.6) is 0 Å². The molecule has 2 atom stereocenters. The SMILES string of the molecule is CN(C)CCCOC(c1ccc(Cl)cc1)C1(Cl)C=CNN1C. The second-order valence-electron chi connectivity index (χ2n) is 5.71. The first-order valence-electron chi connectivity index (χ1n) is 7.32. The van der Waals surface area contributed by atoms with Gasteiger partial charge in [0.1, 0.15) is 6.10 Å². The fourth-order valence-corrected chi connectivity index (χ4v) is 2.83. The van der Waals surface area contributed by atoms with Crippen molar-refractivity contribution in [3.8, 4) is 0 Å². The van der Waals surface area contributed by atoms with Crippen LogP contribution in [0.15, 0.2) is 36.5 Å². The smallest absolute Gasteiger partial charge is 0.163 e. The van der Waals surface area contributed by atoms with E-state index in [4.69, 9.17) is 27.9 Å². The normalized spacial score (nSPS) is 23.0. The van der Waals surface area contributed by atoms with Crippen LogP contribution in [-0.4, -0.2) is 49.2 Å². The van der Waals surface area contributed by atoms with Crippen LogP contribution < -0.4 is 5.43 Å². The lowest BCUT2D eigenvalue weighted by molar-refractivity contribution is -0.0159. The first-order chi connectivity index (χ1) is 10.4. The number of ether oxygens (including phenoxy) is 1. The molecule has 0 radical (unpaired) electrons. The molecule has 0 fully saturated rings. The van der Waals surface area contributed by atoms with Gasteiger partial charge in [0.05, 0.1) is 0 Å². The molecule has 1 heterocycles. The van der Waals surface area contributed by atoms with Gasteiger partial charge in [-0.05, 0) is 50.8 Å². The minimum absolute atomic E-state index is 0.287. The molecular weight excluding hydrogens is 321 g/mol. The second kappa shape index (κ2) is 7.66.